The number of aldehydes is 1. The minimum atomic E-state index is -0.274. The van der Waals surface area contributed by atoms with Gasteiger partial charge >= 0.3 is 0 Å². The molecule has 1 heterocycles. The zero-order valence-corrected chi connectivity index (χ0v) is 9.06. The Kier molecular flexibility index (Phi) is 3.45. The topological polar surface area (TPSA) is 42.0 Å². The van der Waals surface area contributed by atoms with E-state index >= 15 is 0 Å². The molecular formula is C13H11FN2O. The lowest BCUT2D eigenvalue weighted by molar-refractivity contribution is 0.112. The molecule has 2 aromatic rings. The summed E-state index contributed by atoms with van der Waals surface area (Å²) in [5, 5.41) is 2.94. The molecule has 0 saturated carbocycles. The fourth-order valence-corrected chi connectivity index (χ4v) is 1.48. The van der Waals surface area contributed by atoms with E-state index in [1.165, 1.54) is 6.07 Å². The van der Waals surface area contributed by atoms with Crippen molar-refractivity contribution in [2.24, 2.45) is 0 Å². The number of hydrogen-bond donors (Lipinski definition) is 1. The van der Waals surface area contributed by atoms with Crippen LogP contribution < -0.4 is 5.32 Å². The summed E-state index contributed by atoms with van der Waals surface area (Å²) in [4.78, 5) is 14.8. The third-order valence-corrected chi connectivity index (χ3v) is 2.37. The van der Waals surface area contributed by atoms with Gasteiger partial charge in [-0.15, -0.1) is 0 Å². The molecule has 2 rings (SSSR count). The van der Waals surface area contributed by atoms with Gasteiger partial charge in [-0.25, -0.2) is 9.37 Å². The number of nitrogens with zero attached hydrogens (tertiary/aromatic N) is 1. The van der Waals surface area contributed by atoms with Gasteiger partial charge in [-0.3, -0.25) is 4.79 Å². The summed E-state index contributed by atoms with van der Waals surface area (Å²) in [7, 11) is 0. The van der Waals surface area contributed by atoms with Crippen LogP contribution in [0.15, 0.2) is 42.6 Å². The van der Waals surface area contributed by atoms with Crippen molar-refractivity contribution >= 4 is 12.1 Å². The number of halogens is 1. The molecule has 17 heavy (non-hydrogen) atoms. The van der Waals surface area contributed by atoms with Gasteiger partial charge in [0.05, 0.1) is 5.56 Å². The molecule has 0 aliphatic heterocycles. The molecular weight excluding hydrogens is 219 g/mol. The molecule has 0 aliphatic rings. The molecule has 1 aromatic carbocycles. The smallest absolute Gasteiger partial charge is 0.153 e. The van der Waals surface area contributed by atoms with E-state index in [9.17, 15) is 9.18 Å². The average molecular weight is 230 g/mol. The number of anilines is 1. The summed E-state index contributed by atoms with van der Waals surface area (Å²) in [6.07, 6.45) is 2.30. The summed E-state index contributed by atoms with van der Waals surface area (Å²) in [6, 6.07) is 9.82. The first kappa shape index (κ1) is 11.3. The predicted molar refractivity (Wildman–Crippen MR) is 63.4 cm³/mol. The van der Waals surface area contributed by atoms with Crippen molar-refractivity contribution in [3.8, 4) is 0 Å². The van der Waals surface area contributed by atoms with E-state index in [4.69, 9.17) is 0 Å². The first-order valence-corrected chi connectivity index (χ1v) is 5.18. The van der Waals surface area contributed by atoms with Crippen molar-refractivity contribution < 1.29 is 9.18 Å². The van der Waals surface area contributed by atoms with E-state index < -0.39 is 0 Å². The van der Waals surface area contributed by atoms with Crippen LogP contribution in [0.2, 0.25) is 0 Å². The van der Waals surface area contributed by atoms with Gasteiger partial charge in [-0.2, -0.15) is 0 Å². The van der Waals surface area contributed by atoms with Crippen LogP contribution in [0.3, 0.4) is 0 Å². The molecule has 86 valence electrons. The van der Waals surface area contributed by atoms with Gasteiger partial charge < -0.3 is 5.32 Å². The van der Waals surface area contributed by atoms with Crippen molar-refractivity contribution in [1.29, 1.82) is 0 Å². The Bertz CT molecular complexity index is 528. The maximum absolute atomic E-state index is 13.3. The van der Waals surface area contributed by atoms with Gasteiger partial charge in [-0.1, -0.05) is 18.2 Å². The Morgan fingerprint density at radius 3 is 2.82 bits per heavy atom. The van der Waals surface area contributed by atoms with Crippen LogP contribution >= 0.6 is 0 Å². The summed E-state index contributed by atoms with van der Waals surface area (Å²) in [5.41, 5.74) is 0.999. The van der Waals surface area contributed by atoms with Crippen molar-refractivity contribution in [2.45, 2.75) is 6.54 Å². The van der Waals surface area contributed by atoms with E-state index in [1.807, 2.05) is 0 Å². The molecule has 0 saturated heterocycles. The largest absolute Gasteiger partial charge is 0.365 e. The highest BCUT2D eigenvalue weighted by Crippen LogP contribution is 2.12. The molecule has 0 spiro atoms. The van der Waals surface area contributed by atoms with Gasteiger partial charge in [-0.05, 0) is 18.2 Å². The highest BCUT2D eigenvalue weighted by atomic mass is 19.1. The van der Waals surface area contributed by atoms with Gasteiger partial charge in [0, 0.05) is 18.3 Å². The molecule has 4 heteroatoms. The van der Waals surface area contributed by atoms with Crippen molar-refractivity contribution in [3.05, 3.63) is 59.5 Å². The van der Waals surface area contributed by atoms with E-state index in [0.717, 1.165) is 6.29 Å². The Balaban J connectivity index is 2.13. The van der Waals surface area contributed by atoms with Gasteiger partial charge in [0.1, 0.15) is 11.6 Å². The highest BCUT2D eigenvalue weighted by molar-refractivity contribution is 5.82. The third-order valence-electron chi connectivity index (χ3n) is 2.37. The number of benzene rings is 1. The van der Waals surface area contributed by atoms with Crippen molar-refractivity contribution in [1.82, 2.24) is 4.98 Å². The molecule has 1 N–H and O–H groups in total. The number of carbonyl (C=O) groups is 1. The Labute approximate surface area is 98.3 Å². The van der Waals surface area contributed by atoms with E-state index in [0.29, 0.717) is 23.5 Å². The second-order valence-corrected chi connectivity index (χ2v) is 3.50. The standard InChI is InChI=1S/C13H11FN2O/c14-12-6-2-1-4-10(12)8-16-13-11(9-17)5-3-7-15-13/h1-7,9H,8H2,(H,15,16). The number of carbonyl (C=O) groups excluding carboxylic acids is 1. The Hall–Kier alpha value is -2.23. The predicted octanol–water partition coefficient (Wildman–Crippen LogP) is 2.65. The second kappa shape index (κ2) is 5.21. The SMILES string of the molecule is O=Cc1cccnc1NCc1ccccc1F. The fourth-order valence-electron chi connectivity index (χ4n) is 1.48. The number of pyridine rings is 1. The van der Waals surface area contributed by atoms with Crippen LogP contribution in [0.25, 0.3) is 0 Å². The van der Waals surface area contributed by atoms with Crippen LogP contribution in [0.1, 0.15) is 15.9 Å². The first-order valence-electron chi connectivity index (χ1n) is 5.18. The van der Waals surface area contributed by atoms with Gasteiger partial charge in [0.15, 0.2) is 6.29 Å². The maximum Gasteiger partial charge on any atom is 0.153 e. The molecule has 0 aliphatic carbocycles. The summed E-state index contributed by atoms with van der Waals surface area (Å²) < 4.78 is 13.3. The monoisotopic (exact) mass is 230 g/mol. The van der Waals surface area contributed by atoms with Gasteiger partial charge in [0.2, 0.25) is 0 Å². The third kappa shape index (κ3) is 2.66. The number of rotatable bonds is 4. The number of aromatic nitrogens is 1. The van der Waals surface area contributed by atoms with Crippen molar-refractivity contribution in [3.63, 3.8) is 0 Å². The molecule has 0 amide bonds. The van der Waals surface area contributed by atoms with Crippen LogP contribution in [0.5, 0.6) is 0 Å². The quantitative estimate of drug-likeness (QED) is 0.821. The van der Waals surface area contributed by atoms with Gasteiger partial charge in [0.25, 0.3) is 0 Å². The van der Waals surface area contributed by atoms with E-state index in [1.54, 1.807) is 36.5 Å². The minimum Gasteiger partial charge on any atom is -0.365 e. The van der Waals surface area contributed by atoms with E-state index in [-0.39, 0.29) is 5.82 Å². The second-order valence-electron chi connectivity index (χ2n) is 3.50. The lowest BCUT2D eigenvalue weighted by Gasteiger charge is -2.07. The Morgan fingerprint density at radius 2 is 2.06 bits per heavy atom. The first-order chi connectivity index (χ1) is 8.31. The molecule has 1 aromatic heterocycles. The molecule has 0 atom stereocenters. The molecule has 0 bridgehead atoms. The lowest BCUT2D eigenvalue weighted by Crippen LogP contribution is -2.05. The highest BCUT2D eigenvalue weighted by Gasteiger charge is 2.04. The minimum absolute atomic E-state index is 0.274. The number of nitrogens with one attached hydrogen (secondary N) is 1. The summed E-state index contributed by atoms with van der Waals surface area (Å²) in [6.45, 7) is 0.296. The summed E-state index contributed by atoms with van der Waals surface area (Å²) in [5.74, 6) is 0.189. The number of hydrogen-bond acceptors (Lipinski definition) is 3. The summed E-state index contributed by atoms with van der Waals surface area (Å²) >= 11 is 0. The van der Waals surface area contributed by atoms with E-state index in [2.05, 4.69) is 10.3 Å². The van der Waals surface area contributed by atoms with Crippen LogP contribution in [0.4, 0.5) is 10.2 Å². The molecule has 3 nitrogen and oxygen atoms in total. The van der Waals surface area contributed by atoms with Crippen molar-refractivity contribution in [2.75, 3.05) is 5.32 Å². The molecule has 0 fully saturated rings. The maximum atomic E-state index is 13.3. The Morgan fingerprint density at radius 1 is 1.24 bits per heavy atom. The zero-order chi connectivity index (χ0) is 12.1. The van der Waals surface area contributed by atoms with Crippen LogP contribution in [-0.2, 0) is 6.54 Å². The molecule has 0 unspecified atom stereocenters. The fraction of sp³-hybridized carbons (Fsp3) is 0.0769. The zero-order valence-electron chi connectivity index (χ0n) is 9.06. The van der Waals surface area contributed by atoms with Crippen LogP contribution in [0, 0.1) is 5.82 Å². The normalized spacial score (nSPS) is 9.94. The average Bonchev–Trinajstić information content (AvgIpc) is 2.38. The van der Waals surface area contributed by atoms with Crippen LogP contribution in [-0.4, -0.2) is 11.3 Å². The lowest BCUT2D eigenvalue weighted by atomic mass is 10.2. The molecule has 0 radical (unpaired) electrons.